The molecule has 0 bridgehead atoms. The normalized spacial score (nSPS) is 13.0. The minimum atomic E-state index is -3.71. The Bertz CT molecular complexity index is 1260. The van der Waals surface area contributed by atoms with E-state index in [1.165, 1.54) is 19.1 Å². The van der Waals surface area contributed by atoms with E-state index in [2.05, 4.69) is 10.0 Å². The number of fused-ring (bicyclic) bond motifs is 1. The minimum absolute atomic E-state index is 0.0412. The molecule has 32 heavy (non-hydrogen) atoms. The van der Waals surface area contributed by atoms with E-state index >= 15 is 0 Å². The summed E-state index contributed by atoms with van der Waals surface area (Å²) >= 11 is 0. The van der Waals surface area contributed by atoms with Gasteiger partial charge in [-0.25, -0.2) is 13.1 Å². The van der Waals surface area contributed by atoms with Crippen molar-refractivity contribution in [2.45, 2.75) is 24.8 Å². The van der Waals surface area contributed by atoms with Crippen LogP contribution in [0.2, 0.25) is 0 Å². The summed E-state index contributed by atoms with van der Waals surface area (Å²) < 4.78 is 27.8. The highest BCUT2D eigenvalue weighted by atomic mass is 32.2. The van der Waals surface area contributed by atoms with E-state index in [9.17, 15) is 18.0 Å². The van der Waals surface area contributed by atoms with E-state index in [1.807, 2.05) is 36.4 Å². The highest BCUT2D eigenvalue weighted by Gasteiger charge is 2.25. The van der Waals surface area contributed by atoms with Crippen LogP contribution in [0.25, 0.3) is 0 Å². The van der Waals surface area contributed by atoms with Crippen molar-refractivity contribution in [3.05, 3.63) is 89.5 Å². The second-order valence-corrected chi connectivity index (χ2v) is 9.33. The molecule has 1 aliphatic rings. The number of nitrogens with zero attached hydrogens (tertiary/aromatic N) is 1. The van der Waals surface area contributed by atoms with Crippen molar-refractivity contribution in [2.24, 2.45) is 0 Å². The smallest absolute Gasteiger partial charge is 0.258 e. The predicted molar refractivity (Wildman–Crippen MR) is 123 cm³/mol. The average Bonchev–Trinajstić information content (AvgIpc) is 3.21. The molecule has 2 N–H and O–H groups in total. The van der Waals surface area contributed by atoms with Gasteiger partial charge >= 0.3 is 0 Å². The fourth-order valence-corrected chi connectivity index (χ4v) is 4.71. The lowest BCUT2D eigenvalue weighted by Gasteiger charge is -2.17. The maximum absolute atomic E-state index is 12.8. The van der Waals surface area contributed by atoms with Crippen molar-refractivity contribution in [1.82, 2.24) is 4.72 Å². The van der Waals surface area contributed by atoms with Gasteiger partial charge in [-0.3, -0.25) is 9.59 Å². The molecule has 8 heteroatoms. The SMILES string of the molecule is CC(=O)Nc1ccc(S(=O)(=O)NCc2ccc3c(c2)CCN3C(=O)c2ccccc2)cc1. The summed E-state index contributed by atoms with van der Waals surface area (Å²) in [6, 6.07) is 20.8. The zero-order valence-electron chi connectivity index (χ0n) is 17.5. The summed E-state index contributed by atoms with van der Waals surface area (Å²) in [5.41, 5.74) is 3.87. The number of amides is 2. The molecule has 164 valence electrons. The molecule has 0 fully saturated rings. The Balaban J connectivity index is 1.44. The van der Waals surface area contributed by atoms with Crippen LogP contribution in [0.15, 0.2) is 77.7 Å². The Morgan fingerprint density at radius 2 is 1.69 bits per heavy atom. The van der Waals surface area contributed by atoms with Gasteiger partial charge in [-0.05, 0) is 60.0 Å². The zero-order chi connectivity index (χ0) is 22.7. The van der Waals surface area contributed by atoms with E-state index in [4.69, 9.17) is 0 Å². The Labute approximate surface area is 187 Å². The number of carbonyl (C=O) groups is 2. The molecule has 0 aliphatic carbocycles. The number of rotatable bonds is 6. The van der Waals surface area contributed by atoms with E-state index in [0.29, 0.717) is 17.8 Å². The number of hydrogen-bond acceptors (Lipinski definition) is 4. The van der Waals surface area contributed by atoms with Crippen molar-refractivity contribution in [1.29, 1.82) is 0 Å². The molecule has 4 rings (SSSR count). The third-order valence-corrected chi connectivity index (χ3v) is 6.67. The Morgan fingerprint density at radius 1 is 0.969 bits per heavy atom. The molecule has 0 radical (unpaired) electrons. The quantitative estimate of drug-likeness (QED) is 0.603. The lowest BCUT2D eigenvalue weighted by atomic mass is 10.1. The highest BCUT2D eigenvalue weighted by molar-refractivity contribution is 7.89. The highest BCUT2D eigenvalue weighted by Crippen LogP contribution is 2.30. The number of benzene rings is 3. The van der Waals surface area contributed by atoms with Crippen LogP contribution in [0.4, 0.5) is 11.4 Å². The molecule has 0 spiro atoms. The minimum Gasteiger partial charge on any atom is -0.326 e. The first-order chi connectivity index (χ1) is 15.3. The zero-order valence-corrected chi connectivity index (χ0v) is 18.4. The van der Waals surface area contributed by atoms with E-state index in [0.717, 1.165) is 23.2 Å². The molecular formula is C24H23N3O4S. The molecule has 0 saturated carbocycles. The number of nitrogens with one attached hydrogen (secondary N) is 2. The molecule has 0 aromatic heterocycles. The summed E-state index contributed by atoms with van der Waals surface area (Å²) in [5, 5.41) is 2.60. The molecular weight excluding hydrogens is 426 g/mol. The second-order valence-electron chi connectivity index (χ2n) is 7.57. The predicted octanol–water partition coefficient (Wildman–Crippen LogP) is 3.33. The largest absolute Gasteiger partial charge is 0.326 e. The van der Waals surface area contributed by atoms with Gasteiger partial charge in [0, 0.05) is 37.0 Å². The Morgan fingerprint density at radius 3 is 2.38 bits per heavy atom. The standard InChI is InChI=1S/C24H23N3O4S/c1-17(28)26-21-8-10-22(11-9-21)32(30,31)25-16-18-7-12-23-20(15-18)13-14-27(23)24(29)19-5-3-2-4-6-19/h2-12,15,25H,13-14,16H2,1H3,(H,26,28). The van der Waals surface area contributed by atoms with Gasteiger partial charge in [0.1, 0.15) is 0 Å². The van der Waals surface area contributed by atoms with E-state index in [1.54, 1.807) is 29.2 Å². The van der Waals surface area contributed by atoms with Gasteiger partial charge < -0.3 is 10.2 Å². The third-order valence-electron chi connectivity index (χ3n) is 5.26. The molecule has 1 heterocycles. The van der Waals surface area contributed by atoms with Gasteiger partial charge in [-0.1, -0.05) is 30.3 Å². The van der Waals surface area contributed by atoms with Crippen molar-refractivity contribution in [2.75, 3.05) is 16.8 Å². The van der Waals surface area contributed by atoms with Crippen LogP contribution in [-0.4, -0.2) is 26.8 Å². The molecule has 3 aromatic carbocycles. The van der Waals surface area contributed by atoms with E-state index < -0.39 is 10.0 Å². The van der Waals surface area contributed by atoms with Crippen LogP contribution in [0.1, 0.15) is 28.4 Å². The molecule has 2 amide bonds. The number of sulfonamides is 1. The molecule has 0 atom stereocenters. The van der Waals surface area contributed by atoms with Crippen molar-refractivity contribution < 1.29 is 18.0 Å². The van der Waals surface area contributed by atoms with Crippen molar-refractivity contribution in [3.63, 3.8) is 0 Å². The molecule has 7 nitrogen and oxygen atoms in total. The molecule has 1 aliphatic heterocycles. The summed E-state index contributed by atoms with van der Waals surface area (Å²) in [6.07, 6.45) is 0.721. The van der Waals surface area contributed by atoms with Crippen LogP contribution in [-0.2, 0) is 27.8 Å². The molecule has 3 aromatic rings. The lowest BCUT2D eigenvalue weighted by molar-refractivity contribution is -0.114. The molecule has 0 unspecified atom stereocenters. The van der Waals surface area contributed by atoms with Gasteiger partial charge in [0.05, 0.1) is 4.90 Å². The number of hydrogen-bond donors (Lipinski definition) is 2. The van der Waals surface area contributed by atoms with Crippen molar-refractivity contribution >= 4 is 33.2 Å². The van der Waals surface area contributed by atoms with Crippen LogP contribution < -0.4 is 14.9 Å². The van der Waals surface area contributed by atoms with Crippen LogP contribution in [0.3, 0.4) is 0 Å². The maximum atomic E-state index is 12.8. The van der Waals surface area contributed by atoms with Crippen molar-refractivity contribution in [3.8, 4) is 0 Å². The summed E-state index contributed by atoms with van der Waals surface area (Å²) in [7, 11) is -3.71. The van der Waals surface area contributed by atoms with E-state index in [-0.39, 0.29) is 23.3 Å². The van der Waals surface area contributed by atoms with Gasteiger partial charge in [0.25, 0.3) is 5.91 Å². The van der Waals surface area contributed by atoms with Crippen LogP contribution in [0, 0.1) is 0 Å². The summed E-state index contributed by atoms with van der Waals surface area (Å²) in [6.45, 7) is 2.12. The molecule has 0 saturated heterocycles. The first-order valence-corrected chi connectivity index (χ1v) is 11.7. The van der Waals surface area contributed by atoms with Gasteiger partial charge in [0.15, 0.2) is 0 Å². The average molecular weight is 450 g/mol. The van der Waals surface area contributed by atoms with Crippen LogP contribution >= 0.6 is 0 Å². The van der Waals surface area contributed by atoms with Gasteiger partial charge in [-0.2, -0.15) is 0 Å². The first kappa shape index (κ1) is 21.7. The van der Waals surface area contributed by atoms with Crippen LogP contribution in [0.5, 0.6) is 0 Å². The Kier molecular flexibility index (Phi) is 6.07. The number of anilines is 2. The topological polar surface area (TPSA) is 95.6 Å². The fourth-order valence-electron chi connectivity index (χ4n) is 3.69. The lowest BCUT2D eigenvalue weighted by Crippen LogP contribution is -2.28. The second kappa shape index (κ2) is 8.94. The first-order valence-electron chi connectivity index (χ1n) is 10.2. The van der Waals surface area contributed by atoms with Gasteiger partial charge in [0.2, 0.25) is 15.9 Å². The number of carbonyl (C=O) groups excluding carboxylic acids is 2. The summed E-state index contributed by atoms with van der Waals surface area (Å²) in [4.78, 5) is 25.8. The maximum Gasteiger partial charge on any atom is 0.258 e. The Hall–Kier alpha value is -3.49. The third kappa shape index (κ3) is 4.71. The fraction of sp³-hybridized carbons (Fsp3) is 0.167. The monoisotopic (exact) mass is 449 g/mol. The summed E-state index contributed by atoms with van der Waals surface area (Å²) in [5.74, 6) is -0.264. The van der Waals surface area contributed by atoms with Gasteiger partial charge in [-0.15, -0.1) is 0 Å².